The van der Waals surface area contributed by atoms with Crippen LogP contribution in [0.25, 0.3) is 20.4 Å². The molecule has 0 amide bonds. The zero-order chi connectivity index (χ0) is 19.2. The standard InChI is InChI=1S/C16H14N4O4S3/c1-23-8-5-11(24-2)14-13(6-8)26-16(19-14)20-15-18-10-4-3-9(27(17,21)22)7-12(10)25-15/h3-7H,1-2H3,(H2,17,21,22)(H,18,19,20). The summed E-state index contributed by atoms with van der Waals surface area (Å²) in [6.45, 7) is 0. The number of aromatic nitrogens is 2. The van der Waals surface area contributed by atoms with Crippen LogP contribution in [-0.4, -0.2) is 32.6 Å². The van der Waals surface area contributed by atoms with Gasteiger partial charge in [0.25, 0.3) is 0 Å². The van der Waals surface area contributed by atoms with Crippen molar-refractivity contribution < 1.29 is 17.9 Å². The zero-order valence-electron chi connectivity index (χ0n) is 14.2. The minimum absolute atomic E-state index is 0.0574. The molecule has 0 atom stereocenters. The Morgan fingerprint density at radius 2 is 1.74 bits per heavy atom. The lowest BCUT2D eigenvalue weighted by atomic mass is 10.3. The second-order valence-corrected chi connectivity index (χ2v) is 9.14. The molecule has 0 aliphatic carbocycles. The fourth-order valence-corrected chi connectivity index (χ4v) is 5.02. The van der Waals surface area contributed by atoms with E-state index in [0.29, 0.717) is 32.0 Å². The number of rotatable bonds is 5. The molecular formula is C16H14N4O4S3. The molecule has 0 bridgehead atoms. The van der Waals surface area contributed by atoms with Gasteiger partial charge in [-0.25, -0.2) is 23.5 Å². The number of methoxy groups -OCH3 is 2. The molecule has 4 rings (SSSR count). The lowest BCUT2D eigenvalue weighted by Gasteiger charge is -2.03. The van der Waals surface area contributed by atoms with Crippen molar-refractivity contribution in [2.45, 2.75) is 4.90 Å². The van der Waals surface area contributed by atoms with Gasteiger partial charge in [0.2, 0.25) is 10.0 Å². The summed E-state index contributed by atoms with van der Waals surface area (Å²) in [5, 5.41) is 9.59. The Morgan fingerprint density at radius 3 is 2.44 bits per heavy atom. The van der Waals surface area contributed by atoms with E-state index < -0.39 is 10.0 Å². The number of ether oxygens (including phenoxy) is 2. The van der Waals surface area contributed by atoms with Crippen LogP contribution in [0.2, 0.25) is 0 Å². The lowest BCUT2D eigenvalue weighted by Crippen LogP contribution is -2.11. The summed E-state index contributed by atoms with van der Waals surface area (Å²) in [5.41, 5.74) is 1.40. The van der Waals surface area contributed by atoms with Crippen molar-refractivity contribution in [1.29, 1.82) is 0 Å². The van der Waals surface area contributed by atoms with E-state index in [1.807, 2.05) is 6.07 Å². The molecule has 140 valence electrons. The molecule has 2 heterocycles. The molecule has 0 saturated heterocycles. The molecule has 2 aromatic carbocycles. The van der Waals surface area contributed by atoms with Crippen molar-refractivity contribution in [2.24, 2.45) is 5.14 Å². The maximum atomic E-state index is 11.5. The second kappa shape index (κ2) is 6.60. The minimum atomic E-state index is -3.75. The Balaban J connectivity index is 1.71. The summed E-state index contributed by atoms with van der Waals surface area (Å²) in [6, 6.07) is 8.24. The van der Waals surface area contributed by atoms with Crippen LogP contribution in [0.15, 0.2) is 35.2 Å². The van der Waals surface area contributed by atoms with Gasteiger partial charge in [-0.1, -0.05) is 22.7 Å². The highest BCUT2D eigenvalue weighted by Crippen LogP contribution is 2.38. The molecule has 0 radical (unpaired) electrons. The summed E-state index contributed by atoms with van der Waals surface area (Å²) in [7, 11) is -0.578. The zero-order valence-corrected chi connectivity index (χ0v) is 16.7. The van der Waals surface area contributed by atoms with Gasteiger partial charge in [-0.2, -0.15) is 0 Å². The molecule has 0 spiro atoms. The number of fused-ring (bicyclic) bond motifs is 2. The van der Waals surface area contributed by atoms with Crippen LogP contribution in [0.1, 0.15) is 0 Å². The minimum Gasteiger partial charge on any atom is -0.497 e. The van der Waals surface area contributed by atoms with Gasteiger partial charge in [0.15, 0.2) is 10.3 Å². The number of nitrogens with one attached hydrogen (secondary N) is 1. The highest BCUT2D eigenvalue weighted by atomic mass is 32.2. The topological polar surface area (TPSA) is 116 Å². The summed E-state index contributed by atoms with van der Waals surface area (Å²) in [6.07, 6.45) is 0. The number of primary sulfonamides is 1. The van der Waals surface area contributed by atoms with E-state index in [-0.39, 0.29) is 4.90 Å². The lowest BCUT2D eigenvalue weighted by molar-refractivity contribution is 0.397. The van der Waals surface area contributed by atoms with E-state index >= 15 is 0 Å². The molecule has 11 heteroatoms. The number of hydrogen-bond acceptors (Lipinski definition) is 9. The maximum absolute atomic E-state index is 11.5. The molecular weight excluding hydrogens is 408 g/mol. The van der Waals surface area contributed by atoms with Crippen LogP contribution < -0.4 is 19.9 Å². The van der Waals surface area contributed by atoms with Crippen LogP contribution in [0.4, 0.5) is 10.3 Å². The van der Waals surface area contributed by atoms with E-state index in [1.165, 1.54) is 34.8 Å². The third kappa shape index (κ3) is 3.41. The normalized spacial score (nSPS) is 11.8. The van der Waals surface area contributed by atoms with Gasteiger partial charge in [-0.15, -0.1) is 0 Å². The molecule has 4 aromatic rings. The number of thiazole rings is 2. The Kier molecular flexibility index (Phi) is 4.38. The molecule has 27 heavy (non-hydrogen) atoms. The van der Waals surface area contributed by atoms with Crippen molar-refractivity contribution in [1.82, 2.24) is 9.97 Å². The Labute approximate surface area is 162 Å². The molecule has 8 nitrogen and oxygen atoms in total. The van der Waals surface area contributed by atoms with Crippen LogP contribution in [0.5, 0.6) is 11.5 Å². The van der Waals surface area contributed by atoms with Gasteiger partial charge in [0.05, 0.1) is 34.0 Å². The summed E-state index contributed by atoms with van der Waals surface area (Å²) in [4.78, 5) is 9.08. The number of benzene rings is 2. The molecule has 0 aliphatic heterocycles. The van der Waals surface area contributed by atoms with Crippen LogP contribution >= 0.6 is 22.7 Å². The molecule has 3 N–H and O–H groups in total. The van der Waals surface area contributed by atoms with Gasteiger partial charge in [0.1, 0.15) is 17.0 Å². The summed E-state index contributed by atoms with van der Waals surface area (Å²) >= 11 is 2.76. The monoisotopic (exact) mass is 422 g/mol. The number of sulfonamides is 1. The smallest absolute Gasteiger partial charge is 0.238 e. The average Bonchev–Trinajstić information content (AvgIpc) is 3.21. The highest BCUT2D eigenvalue weighted by molar-refractivity contribution is 7.89. The quantitative estimate of drug-likeness (QED) is 0.507. The fourth-order valence-electron chi connectivity index (χ4n) is 2.53. The van der Waals surface area contributed by atoms with Crippen molar-refractivity contribution in [3.63, 3.8) is 0 Å². The summed E-state index contributed by atoms with van der Waals surface area (Å²) in [5.74, 6) is 1.31. The molecule has 0 saturated carbocycles. The highest BCUT2D eigenvalue weighted by Gasteiger charge is 2.14. The van der Waals surface area contributed by atoms with Crippen molar-refractivity contribution in [3.8, 4) is 11.5 Å². The Hall–Kier alpha value is -2.47. The predicted octanol–water partition coefficient (Wildman–Crippen LogP) is 3.31. The molecule has 2 aromatic heterocycles. The SMILES string of the molecule is COc1cc(OC)c2nc(Nc3nc4ccc(S(N)(=O)=O)cc4s3)sc2c1. The average molecular weight is 423 g/mol. The van der Waals surface area contributed by atoms with Crippen molar-refractivity contribution in [2.75, 3.05) is 19.5 Å². The van der Waals surface area contributed by atoms with Crippen molar-refractivity contribution in [3.05, 3.63) is 30.3 Å². The molecule has 0 unspecified atom stereocenters. The van der Waals surface area contributed by atoms with Gasteiger partial charge in [-0.05, 0) is 24.3 Å². The third-order valence-electron chi connectivity index (χ3n) is 3.79. The summed E-state index contributed by atoms with van der Waals surface area (Å²) < 4.78 is 35.3. The van der Waals surface area contributed by atoms with Crippen LogP contribution in [0, 0.1) is 0 Å². The first kappa shape index (κ1) is 17.9. The van der Waals surface area contributed by atoms with Gasteiger partial charge < -0.3 is 14.8 Å². The number of nitrogens with zero attached hydrogens (tertiary/aromatic N) is 2. The van der Waals surface area contributed by atoms with Gasteiger partial charge in [0, 0.05) is 6.07 Å². The fraction of sp³-hybridized carbons (Fsp3) is 0.125. The Morgan fingerprint density at radius 1 is 1.00 bits per heavy atom. The van der Waals surface area contributed by atoms with E-state index in [2.05, 4.69) is 15.3 Å². The number of anilines is 2. The second-order valence-electron chi connectivity index (χ2n) is 5.51. The number of hydrogen-bond donors (Lipinski definition) is 2. The predicted molar refractivity (Wildman–Crippen MR) is 107 cm³/mol. The molecule has 0 fully saturated rings. The maximum Gasteiger partial charge on any atom is 0.238 e. The van der Waals surface area contributed by atoms with E-state index in [4.69, 9.17) is 14.6 Å². The van der Waals surface area contributed by atoms with Crippen LogP contribution in [-0.2, 0) is 10.0 Å². The largest absolute Gasteiger partial charge is 0.497 e. The van der Waals surface area contributed by atoms with E-state index in [9.17, 15) is 8.42 Å². The van der Waals surface area contributed by atoms with E-state index in [1.54, 1.807) is 26.4 Å². The van der Waals surface area contributed by atoms with Gasteiger partial charge >= 0.3 is 0 Å². The first-order chi connectivity index (χ1) is 12.9. The Bertz CT molecular complexity index is 1260. The van der Waals surface area contributed by atoms with Gasteiger partial charge in [-0.3, -0.25) is 0 Å². The number of nitrogens with two attached hydrogens (primary N) is 1. The van der Waals surface area contributed by atoms with E-state index in [0.717, 1.165) is 10.2 Å². The third-order valence-corrected chi connectivity index (χ3v) is 6.55. The molecule has 0 aliphatic rings. The first-order valence-electron chi connectivity index (χ1n) is 7.60. The van der Waals surface area contributed by atoms with Crippen LogP contribution in [0.3, 0.4) is 0 Å². The van der Waals surface area contributed by atoms with Crippen molar-refractivity contribution >= 4 is 63.4 Å². The first-order valence-corrected chi connectivity index (χ1v) is 10.8.